The quantitative estimate of drug-likeness (QED) is 0.112. The Morgan fingerprint density at radius 2 is 1.53 bits per heavy atom. The van der Waals surface area contributed by atoms with E-state index in [4.69, 9.17) is 4.74 Å². The fourth-order valence-corrected chi connectivity index (χ4v) is 10.4. The number of fused-ring (bicyclic) bond motifs is 1. The average molecular weight is 892 g/mol. The largest absolute Gasteiger partial charge is 0.492 e. The van der Waals surface area contributed by atoms with Gasteiger partial charge in [-0.15, -0.1) is 0 Å². The first-order chi connectivity index (χ1) is 30.6. The lowest BCUT2D eigenvalue weighted by Gasteiger charge is -2.37. The molecule has 16 nitrogen and oxygen atoms in total. The number of carbonyl (C=O) groups is 4. The highest BCUT2D eigenvalue weighted by atomic mass is 32.2. The zero-order chi connectivity index (χ0) is 45.2. The minimum atomic E-state index is -3.70. The third-order valence-electron chi connectivity index (χ3n) is 12.4. The first kappa shape index (κ1) is 44.8. The topological polar surface area (TPSA) is 195 Å². The van der Waals surface area contributed by atoms with Crippen molar-refractivity contribution in [2.45, 2.75) is 88.6 Å². The SMILES string of the molecule is Cc1cnc(Nc2ccc(OCCN3CCC(CN4CCC(c5ccc6c(c5)C(=O)N(C5CCC(=O)NC5=O)C6=O)CC4)CC3)cc2)nc1Nc1cccc(S(=O)(=O)NC(C)(C)C)c1. The smallest absolute Gasteiger partial charge is 0.262 e. The van der Waals surface area contributed by atoms with Gasteiger partial charge >= 0.3 is 0 Å². The van der Waals surface area contributed by atoms with E-state index in [1.165, 1.54) is 0 Å². The summed E-state index contributed by atoms with van der Waals surface area (Å²) in [6, 6.07) is 18.9. The van der Waals surface area contributed by atoms with Crippen molar-refractivity contribution in [2.75, 3.05) is 56.5 Å². The maximum atomic E-state index is 13.4. The summed E-state index contributed by atoms with van der Waals surface area (Å²) in [4.78, 5) is 65.9. The second kappa shape index (κ2) is 18.8. The summed E-state index contributed by atoms with van der Waals surface area (Å²) in [6.45, 7) is 13.9. The Hall–Kier alpha value is -5.75. The molecular formula is C47H57N9O7S. The van der Waals surface area contributed by atoms with Crippen LogP contribution in [0.1, 0.15) is 97.1 Å². The second-order valence-corrected chi connectivity index (χ2v) is 20.0. The van der Waals surface area contributed by atoms with Gasteiger partial charge in [-0.3, -0.25) is 34.3 Å². The molecule has 0 aliphatic carbocycles. The summed E-state index contributed by atoms with van der Waals surface area (Å²) in [6.07, 6.45) is 6.20. The first-order valence-electron chi connectivity index (χ1n) is 22.1. The molecule has 17 heteroatoms. The Bertz CT molecular complexity index is 2510. The second-order valence-electron chi connectivity index (χ2n) is 18.3. The van der Waals surface area contributed by atoms with Crippen molar-refractivity contribution in [3.8, 4) is 5.75 Å². The van der Waals surface area contributed by atoms with Crippen LogP contribution in [0.3, 0.4) is 0 Å². The first-order valence-corrected chi connectivity index (χ1v) is 23.6. The molecular weight excluding hydrogens is 835 g/mol. The van der Waals surface area contributed by atoms with E-state index in [2.05, 4.69) is 40.4 Å². The van der Waals surface area contributed by atoms with Gasteiger partial charge in [0, 0.05) is 48.2 Å². The lowest BCUT2D eigenvalue weighted by Crippen LogP contribution is -2.54. The molecule has 64 heavy (non-hydrogen) atoms. The van der Waals surface area contributed by atoms with Gasteiger partial charge in [0.05, 0.1) is 16.0 Å². The number of imide groups is 2. The fourth-order valence-electron chi connectivity index (χ4n) is 8.97. The average Bonchev–Trinajstić information content (AvgIpc) is 3.50. The minimum Gasteiger partial charge on any atom is -0.492 e. The molecule has 1 aromatic heterocycles. The molecule has 4 amide bonds. The van der Waals surface area contributed by atoms with E-state index in [0.717, 1.165) is 92.4 Å². The van der Waals surface area contributed by atoms with Crippen LogP contribution in [0.15, 0.2) is 77.8 Å². The van der Waals surface area contributed by atoms with Crippen molar-refractivity contribution in [1.82, 2.24) is 34.7 Å². The van der Waals surface area contributed by atoms with Crippen LogP contribution >= 0.6 is 0 Å². The normalized spacial score (nSPS) is 19.4. The number of nitrogens with zero attached hydrogens (tertiary/aromatic N) is 5. The van der Waals surface area contributed by atoms with Crippen molar-refractivity contribution in [3.63, 3.8) is 0 Å². The lowest BCUT2D eigenvalue weighted by atomic mass is 9.87. The maximum absolute atomic E-state index is 13.4. The fraction of sp³-hybridized carbons (Fsp3) is 0.447. The molecule has 0 spiro atoms. The van der Waals surface area contributed by atoms with E-state index in [1.807, 2.05) is 43.3 Å². The van der Waals surface area contributed by atoms with E-state index >= 15 is 0 Å². The molecule has 338 valence electrons. The summed E-state index contributed by atoms with van der Waals surface area (Å²) in [7, 11) is -3.70. The molecule has 3 fully saturated rings. The van der Waals surface area contributed by atoms with Crippen molar-refractivity contribution in [1.29, 1.82) is 0 Å². The number of ether oxygens (including phenoxy) is 1. The van der Waals surface area contributed by atoms with Gasteiger partial charge < -0.3 is 20.3 Å². The van der Waals surface area contributed by atoms with Gasteiger partial charge in [0.25, 0.3) is 11.8 Å². The Labute approximate surface area is 374 Å². The number of carbonyl (C=O) groups excluding carboxylic acids is 4. The number of benzene rings is 3. The molecule has 8 rings (SSSR count). The summed E-state index contributed by atoms with van der Waals surface area (Å²) >= 11 is 0. The van der Waals surface area contributed by atoms with Gasteiger partial charge in [-0.05, 0) is 158 Å². The molecule has 1 atom stereocenters. The Balaban J connectivity index is 0.743. The van der Waals surface area contributed by atoms with Crippen molar-refractivity contribution < 1.29 is 32.3 Å². The summed E-state index contributed by atoms with van der Waals surface area (Å²) in [5, 5.41) is 8.74. The van der Waals surface area contributed by atoms with E-state index in [-0.39, 0.29) is 23.6 Å². The molecule has 4 aliphatic heterocycles. The summed E-state index contributed by atoms with van der Waals surface area (Å²) in [5.74, 6) is 0.758. The van der Waals surface area contributed by atoms with Gasteiger partial charge in [0.1, 0.15) is 24.2 Å². The van der Waals surface area contributed by atoms with Crippen LogP contribution in [0.4, 0.5) is 23.1 Å². The molecule has 3 saturated heterocycles. The number of aryl methyl sites for hydroxylation is 1. The Morgan fingerprint density at radius 3 is 2.25 bits per heavy atom. The van der Waals surface area contributed by atoms with Crippen molar-refractivity contribution in [2.24, 2.45) is 5.92 Å². The number of hydrogen-bond acceptors (Lipinski definition) is 13. The minimum absolute atomic E-state index is 0.100. The van der Waals surface area contributed by atoms with Crippen LogP contribution in [-0.2, 0) is 19.6 Å². The van der Waals surface area contributed by atoms with Gasteiger partial charge in [0.2, 0.25) is 27.8 Å². The molecule has 0 bridgehead atoms. The summed E-state index contributed by atoms with van der Waals surface area (Å²) in [5.41, 5.74) is 3.31. The predicted molar refractivity (Wildman–Crippen MR) is 242 cm³/mol. The third-order valence-corrected chi connectivity index (χ3v) is 14.1. The van der Waals surface area contributed by atoms with Crippen LogP contribution in [-0.4, -0.2) is 114 Å². The molecule has 5 heterocycles. The van der Waals surface area contributed by atoms with Gasteiger partial charge in [-0.25, -0.2) is 18.1 Å². The van der Waals surface area contributed by atoms with Gasteiger partial charge in [0.15, 0.2) is 0 Å². The Morgan fingerprint density at radius 1 is 0.812 bits per heavy atom. The number of sulfonamides is 1. The highest BCUT2D eigenvalue weighted by molar-refractivity contribution is 7.89. The molecule has 3 aromatic carbocycles. The van der Waals surface area contributed by atoms with Crippen molar-refractivity contribution >= 4 is 56.8 Å². The number of aromatic nitrogens is 2. The van der Waals surface area contributed by atoms with Crippen LogP contribution < -0.4 is 25.4 Å². The van der Waals surface area contributed by atoms with Crippen LogP contribution in [0.25, 0.3) is 0 Å². The summed E-state index contributed by atoms with van der Waals surface area (Å²) < 4.78 is 34.6. The monoisotopic (exact) mass is 891 g/mol. The molecule has 4 N–H and O–H groups in total. The van der Waals surface area contributed by atoms with Crippen molar-refractivity contribution in [3.05, 3.63) is 95.2 Å². The highest BCUT2D eigenvalue weighted by Gasteiger charge is 2.45. The number of rotatable bonds is 14. The number of nitrogens with one attached hydrogen (secondary N) is 4. The zero-order valence-corrected chi connectivity index (χ0v) is 37.7. The number of amides is 4. The van der Waals surface area contributed by atoms with Gasteiger partial charge in [-0.1, -0.05) is 12.1 Å². The Kier molecular flexibility index (Phi) is 13.1. The van der Waals surface area contributed by atoms with Crippen LogP contribution in [0.2, 0.25) is 0 Å². The van der Waals surface area contributed by atoms with Crippen LogP contribution in [0, 0.1) is 12.8 Å². The standard InChI is InChI=1S/C47H57N9O7S/c1-30-28-48-46(52-42(30)49-35-6-5-7-37(27-35)64(61,62)53-47(2,3)4)50-34-9-11-36(12-10-34)63-25-24-54-20-16-31(17-21-54)29-55-22-18-32(19-23-55)33-8-13-38-39(26-33)45(60)56(44(38)59)40-14-15-41(57)51-43(40)58/h5-13,26-28,31-32,40,53H,14-25,29H2,1-4H3,(H,51,57,58)(H2,48,49,50,52). The number of likely N-dealkylation sites (tertiary alicyclic amines) is 2. The predicted octanol–water partition coefficient (Wildman–Crippen LogP) is 5.72. The molecule has 0 radical (unpaired) electrons. The van der Waals surface area contributed by atoms with E-state index < -0.39 is 39.3 Å². The molecule has 0 saturated carbocycles. The highest BCUT2D eigenvalue weighted by Crippen LogP contribution is 2.34. The van der Waals surface area contributed by atoms with Gasteiger partial charge in [-0.2, -0.15) is 4.98 Å². The lowest BCUT2D eigenvalue weighted by molar-refractivity contribution is -0.136. The van der Waals surface area contributed by atoms with E-state index in [9.17, 15) is 27.6 Å². The molecule has 1 unspecified atom stereocenters. The third kappa shape index (κ3) is 10.6. The number of hydrogen-bond donors (Lipinski definition) is 4. The maximum Gasteiger partial charge on any atom is 0.262 e. The number of anilines is 4. The van der Waals surface area contributed by atoms with Crippen LogP contribution in [0.5, 0.6) is 5.75 Å². The number of piperidine rings is 3. The van der Waals surface area contributed by atoms with E-state index in [1.54, 1.807) is 57.3 Å². The molecule has 4 aromatic rings. The zero-order valence-electron chi connectivity index (χ0n) is 36.9. The van der Waals surface area contributed by atoms with E-state index in [0.29, 0.717) is 47.0 Å². The molecule has 4 aliphatic rings.